The van der Waals surface area contributed by atoms with Crippen LogP contribution in [0.25, 0.3) is 0 Å². The number of carbonyl (C=O) groups excluding carboxylic acids is 1. The summed E-state index contributed by atoms with van der Waals surface area (Å²) in [6.07, 6.45) is 2.67. The summed E-state index contributed by atoms with van der Waals surface area (Å²) in [5, 5.41) is 13.2. The number of carbonyl (C=O) groups is 1. The van der Waals surface area contributed by atoms with Crippen molar-refractivity contribution in [3.63, 3.8) is 0 Å². The van der Waals surface area contributed by atoms with Crippen LogP contribution in [0.2, 0.25) is 0 Å². The first-order valence-corrected chi connectivity index (χ1v) is 6.79. The lowest BCUT2D eigenvalue weighted by molar-refractivity contribution is 0.0750. The third-order valence-corrected chi connectivity index (χ3v) is 3.84. The van der Waals surface area contributed by atoms with Crippen LogP contribution in [0.5, 0.6) is 0 Å². The topological polar surface area (TPSA) is 55.8 Å². The molecule has 1 unspecified atom stereocenters. The highest BCUT2D eigenvalue weighted by molar-refractivity contribution is 5.73. The summed E-state index contributed by atoms with van der Waals surface area (Å²) in [7, 11) is 3.54. The third kappa shape index (κ3) is 3.59. The van der Waals surface area contributed by atoms with Gasteiger partial charge >= 0.3 is 6.03 Å². The average Bonchev–Trinajstić information content (AvgIpc) is 2.38. The Morgan fingerprint density at radius 2 is 2.00 bits per heavy atom. The number of nitrogens with zero attached hydrogens (tertiary/aromatic N) is 2. The molecule has 0 aromatic carbocycles. The maximum absolute atomic E-state index is 11.8. The molecule has 1 rings (SSSR count). The fourth-order valence-corrected chi connectivity index (χ4v) is 2.38. The Morgan fingerprint density at radius 3 is 2.39 bits per heavy atom. The van der Waals surface area contributed by atoms with Crippen LogP contribution in [0, 0.1) is 0 Å². The van der Waals surface area contributed by atoms with Gasteiger partial charge in [-0.05, 0) is 26.2 Å². The molecule has 18 heavy (non-hydrogen) atoms. The molecule has 0 aromatic rings. The van der Waals surface area contributed by atoms with Crippen LogP contribution >= 0.6 is 0 Å². The molecule has 0 saturated carbocycles. The molecule has 2 amide bonds. The fraction of sp³-hybridized carbons (Fsp3) is 0.923. The highest BCUT2D eigenvalue weighted by Gasteiger charge is 2.36. The smallest absolute Gasteiger partial charge is 0.319 e. The Bertz CT molecular complexity index is 273. The van der Waals surface area contributed by atoms with E-state index in [1.165, 1.54) is 0 Å². The van der Waals surface area contributed by atoms with Gasteiger partial charge < -0.3 is 20.2 Å². The Morgan fingerprint density at radius 1 is 1.44 bits per heavy atom. The number of rotatable bonds is 4. The van der Waals surface area contributed by atoms with Gasteiger partial charge in [-0.1, -0.05) is 6.92 Å². The van der Waals surface area contributed by atoms with Crippen LogP contribution in [0.1, 0.15) is 33.1 Å². The van der Waals surface area contributed by atoms with E-state index in [1.54, 1.807) is 19.0 Å². The van der Waals surface area contributed by atoms with Gasteiger partial charge in [0.05, 0.1) is 6.61 Å². The minimum Gasteiger partial charge on any atom is -0.394 e. The number of likely N-dealkylation sites (tertiary alicyclic amines) is 1. The fourth-order valence-electron chi connectivity index (χ4n) is 2.38. The molecule has 5 heteroatoms. The number of amides is 2. The molecule has 1 fully saturated rings. The van der Waals surface area contributed by atoms with Gasteiger partial charge in [0.15, 0.2) is 0 Å². The Kier molecular flexibility index (Phi) is 5.41. The van der Waals surface area contributed by atoms with Crippen molar-refractivity contribution in [2.45, 2.75) is 44.7 Å². The zero-order valence-corrected chi connectivity index (χ0v) is 12.1. The van der Waals surface area contributed by atoms with Crippen molar-refractivity contribution < 1.29 is 9.90 Å². The number of urea groups is 1. The third-order valence-electron chi connectivity index (χ3n) is 3.84. The van der Waals surface area contributed by atoms with Crippen molar-refractivity contribution in [1.82, 2.24) is 15.1 Å². The first kappa shape index (κ1) is 15.2. The summed E-state index contributed by atoms with van der Waals surface area (Å²) in [5.74, 6) is 0. The standard InChI is InChI=1S/C13H27N3O2/c1-5-11(2)14-13(10-17)6-8-16(9-7-13)12(18)15(3)4/h11,14,17H,5-10H2,1-4H3. The minimum atomic E-state index is -0.210. The maximum Gasteiger partial charge on any atom is 0.319 e. The van der Waals surface area contributed by atoms with Crippen molar-refractivity contribution in [1.29, 1.82) is 0 Å². The predicted molar refractivity (Wildman–Crippen MR) is 72.6 cm³/mol. The molecule has 1 saturated heterocycles. The van der Waals surface area contributed by atoms with E-state index in [0.717, 1.165) is 19.3 Å². The molecule has 0 aromatic heterocycles. The van der Waals surface area contributed by atoms with Gasteiger partial charge in [0.2, 0.25) is 0 Å². The van der Waals surface area contributed by atoms with Crippen LogP contribution in [-0.2, 0) is 0 Å². The van der Waals surface area contributed by atoms with Crippen LogP contribution in [0.3, 0.4) is 0 Å². The molecule has 5 nitrogen and oxygen atoms in total. The average molecular weight is 257 g/mol. The van der Waals surface area contributed by atoms with Crippen molar-refractivity contribution >= 4 is 6.03 Å². The van der Waals surface area contributed by atoms with E-state index in [2.05, 4.69) is 19.2 Å². The number of hydrogen-bond acceptors (Lipinski definition) is 3. The summed E-state index contributed by atoms with van der Waals surface area (Å²) >= 11 is 0. The van der Waals surface area contributed by atoms with E-state index in [1.807, 2.05) is 4.90 Å². The van der Waals surface area contributed by atoms with E-state index in [4.69, 9.17) is 0 Å². The van der Waals surface area contributed by atoms with E-state index < -0.39 is 0 Å². The molecule has 0 bridgehead atoms. The van der Waals surface area contributed by atoms with E-state index >= 15 is 0 Å². The predicted octanol–water partition coefficient (Wildman–Crippen LogP) is 0.883. The second kappa shape index (κ2) is 6.38. The summed E-state index contributed by atoms with van der Waals surface area (Å²) in [5.41, 5.74) is -0.210. The largest absolute Gasteiger partial charge is 0.394 e. The summed E-state index contributed by atoms with van der Waals surface area (Å²) in [6.45, 7) is 5.82. The molecule has 106 valence electrons. The summed E-state index contributed by atoms with van der Waals surface area (Å²) in [4.78, 5) is 15.3. The molecule has 0 aliphatic carbocycles. The molecule has 1 heterocycles. The molecule has 1 aliphatic heterocycles. The van der Waals surface area contributed by atoms with Crippen LogP contribution in [0.15, 0.2) is 0 Å². The van der Waals surface area contributed by atoms with Crippen molar-refractivity contribution in [2.75, 3.05) is 33.8 Å². The molecule has 1 atom stereocenters. The number of aliphatic hydroxyl groups excluding tert-OH is 1. The molecular formula is C13H27N3O2. The zero-order chi connectivity index (χ0) is 13.8. The van der Waals surface area contributed by atoms with Gasteiger partial charge in [-0.3, -0.25) is 0 Å². The van der Waals surface area contributed by atoms with Gasteiger partial charge in [-0.25, -0.2) is 4.79 Å². The molecule has 1 aliphatic rings. The number of hydrogen-bond donors (Lipinski definition) is 2. The lowest BCUT2D eigenvalue weighted by Gasteiger charge is -2.43. The first-order chi connectivity index (χ1) is 8.44. The molecular weight excluding hydrogens is 230 g/mol. The molecule has 2 N–H and O–H groups in total. The second-order valence-corrected chi connectivity index (χ2v) is 5.56. The maximum atomic E-state index is 11.8. The SMILES string of the molecule is CCC(C)NC1(CO)CCN(C(=O)N(C)C)CC1. The van der Waals surface area contributed by atoms with E-state index in [-0.39, 0.29) is 18.2 Å². The molecule has 0 radical (unpaired) electrons. The highest BCUT2D eigenvalue weighted by atomic mass is 16.3. The molecule has 0 spiro atoms. The Labute approximate surface area is 110 Å². The zero-order valence-electron chi connectivity index (χ0n) is 12.1. The second-order valence-electron chi connectivity index (χ2n) is 5.56. The minimum absolute atomic E-state index is 0.0603. The van der Waals surface area contributed by atoms with Gasteiger partial charge in [0.1, 0.15) is 0 Å². The van der Waals surface area contributed by atoms with Crippen LogP contribution < -0.4 is 5.32 Å². The van der Waals surface area contributed by atoms with E-state index in [0.29, 0.717) is 19.1 Å². The van der Waals surface area contributed by atoms with Crippen molar-refractivity contribution in [3.8, 4) is 0 Å². The quantitative estimate of drug-likeness (QED) is 0.786. The van der Waals surface area contributed by atoms with Gasteiger partial charge in [0, 0.05) is 38.8 Å². The van der Waals surface area contributed by atoms with E-state index in [9.17, 15) is 9.90 Å². The summed E-state index contributed by atoms with van der Waals surface area (Å²) < 4.78 is 0. The van der Waals surface area contributed by atoms with Crippen LogP contribution in [0.4, 0.5) is 4.79 Å². The number of nitrogens with one attached hydrogen (secondary N) is 1. The van der Waals surface area contributed by atoms with Crippen molar-refractivity contribution in [3.05, 3.63) is 0 Å². The first-order valence-electron chi connectivity index (χ1n) is 6.79. The highest BCUT2D eigenvalue weighted by Crippen LogP contribution is 2.23. The lowest BCUT2D eigenvalue weighted by atomic mass is 9.87. The normalized spacial score (nSPS) is 20.6. The monoisotopic (exact) mass is 257 g/mol. The van der Waals surface area contributed by atoms with Gasteiger partial charge in [0.25, 0.3) is 0 Å². The van der Waals surface area contributed by atoms with Crippen LogP contribution in [-0.4, -0.2) is 66.3 Å². The van der Waals surface area contributed by atoms with Crippen molar-refractivity contribution in [2.24, 2.45) is 0 Å². The Hall–Kier alpha value is -0.810. The van der Waals surface area contributed by atoms with Gasteiger partial charge in [-0.2, -0.15) is 0 Å². The number of aliphatic hydroxyl groups is 1. The number of piperidine rings is 1. The summed E-state index contributed by atoms with van der Waals surface area (Å²) in [6, 6.07) is 0.457. The lowest BCUT2D eigenvalue weighted by Crippen LogP contribution is -2.59. The van der Waals surface area contributed by atoms with Gasteiger partial charge in [-0.15, -0.1) is 0 Å². The Balaban J connectivity index is 2.56.